The smallest absolute Gasteiger partial charge is 0.410 e. The van der Waals surface area contributed by atoms with Crippen molar-refractivity contribution in [1.29, 1.82) is 0 Å². The zero-order valence-electron chi connectivity index (χ0n) is 14.6. The van der Waals surface area contributed by atoms with Crippen LogP contribution in [0.25, 0.3) is 10.9 Å². The molecule has 1 aromatic carbocycles. The Balaban J connectivity index is 1.77. The number of benzene rings is 1. The zero-order valence-corrected chi connectivity index (χ0v) is 16.2. The molecular formula is C18H24BrN3O2. The number of para-hydroxylation sites is 1. The maximum atomic E-state index is 12.3. The van der Waals surface area contributed by atoms with Crippen molar-refractivity contribution >= 4 is 32.9 Å². The highest BCUT2D eigenvalue weighted by Crippen LogP contribution is 2.33. The molecule has 2 atom stereocenters. The van der Waals surface area contributed by atoms with Crippen molar-refractivity contribution in [3.63, 3.8) is 0 Å². The van der Waals surface area contributed by atoms with Crippen molar-refractivity contribution in [2.45, 2.75) is 45.8 Å². The molecule has 1 amide bonds. The fraction of sp³-hybridized carbons (Fsp3) is 0.556. The molecule has 0 saturated carbocycles. The molecule has 1 aliphatic rings. The predicted molar refractivity (Wildman–Crippen MR) is 98.1 cm³/mol. The van der Waals surface area contributed by atoms with E-state index in [1.165, 1.54) is 0 Å². The van der Waals surface area contributed by atoms with E-state index in [9.17, 15) is 4.79 Å². The Morgan fingerprint density at radius 3 is 2.71 bits per heavy atom. The Kier molecular flexibility index (Phi) is 4.60. The molecule has 1 aromatic heterocycles. The summed E-state index contributed by atoms with van der Waals surface area (Å²) in [5.41, 5.74) is 0.673. The Morgan fingerprint density at radius 2 is 2.04 bits per heavy atom. The lowest BCUT2D eigenvalue weighted by Gasteiger charge is -2.37. The van der Waals surface area contributed by atoms with Crippen molar-refractivity contribution in [2.75, 3.05) is 13.1 Å². The van der Waals surface area contributed by atoms with E-state index in [1.807, 2.05) is 37.8 Å². The van der Waals surface area contributed by atoms with Gasteiger partial charge >= 0.3 is 6.09 Å². The van der Waals surface area contributed by atoms with Crippen molar-refractivity contribution in [2.24, 2.45) is 5.92 Å². The van der Waals surface area contributed by atoms with Gasteiger partial charge in [-0.05, 0) is 55.1 Å². The number of hydrogen-bond acceptors (Lipinski definition) is 3. The monoisotopic (exact) mass is 393 g/mol. The van der Waals surface area contributed by atoms with Crippen LogP contribution in [0, 0.1) is 5.92 Å². The molecule has 0 radical (unpaired) electrons. The third kappa shape index (κ3) is 3.43. The van der Waals surface area contributed by atoms with Crippen LogP contribution in [-0.2, 0) is 4.74 Å². The van der Waals surface area contributed by atoms with Crippen LogP contribution in [0.4, 0.5) is 4.79 Å². The quantitative estimate of drug-likeness (QED) is 0.709. The highest BCUT2D eigenvalue weighted by atomic mass is 79.9. The first kappa shape index (κ1) is 17.3. The van der Waals surface area contributed by atoms with Gasteiger partial charge in [-0.25, -0.2) is 4.79 Å². The molecule has 2 heterocycles. The van der Waals surface area contributed by atoms with Crippen molar-refractivity contribution in [3.05, 3.63) is 28.9 Å². The van der Waals surface area contributed by atoms with E-state index in [2.05, 4.69) is 39.7 Å². The van der Waals surface area contributed by atoms with Crippen LogP contribution in [-0.4, -0.2) is 39.5 Å². The first-order valence-corrected chi connectivity index (χ1v) is 9.16. The number of fused-ring (bicyclic) bond motifs is 1. The van der Waals surface area contributed by atoms with E-state index in [0.717, 1.165) is 21.9 Å². The molecule has 0 spiro atoms. The number of ether oxygens (including phenoxy) is 1. The summed E-state index contributed by atoms with van der Waals surface area (Å²) < 4.78 is 8.48. The van der Waals surface area contributed by atoms with Crippen LogP contribution in [0.5, 0.6) is 0 Å². The summed E-state index contributed by atoms with van der Waals surface area (Å²) in [5, 5.41) is 5.82. The predicted octanol–water partition coefficient (Wildman–Crippen LogP) is 4.62. The first-order valence-electron chi connectivity index (χ1n) is 8.37. The number of halogens is 1. The topological polar surface area (TPSA) is 47.4 Å². The molecule has 1 aliphatic heterocycles. The summed E-state index contributed by atoms with van der Waals surface area (Å²) in [5.74, 6) is 0.307. The number of likely N-dealkylation sites (tertiary alicyclic amines) is 1. The lowest BCUT2D eigenvalue weighted by molar-refractivity contribution is 0.0121. The van der Waals surface area contributed by atoms with Gasteiger partial charge in [-0.3, -0.25) is 4.68 Å². The molecule has 0 N–H and O–H groups in total. The summed E-state index contributed by atoms with van der Waals surface area (Å²) >= 11 is 3.56. The second-order valence-corrected chi connectivity index (χ2v) is 8.26. The molecule has 1 saturated heterocycles. The SMILES string of the molecule is C[C@H]1CN(C(=O)OC(C)(C)C)CC[C@H]1n1nc(Br)c2ccccc21. The largest absolute Gasteiger partial charge is 0.444 e. The van der Waals surface area contributed by atoms with Gasteiger partial charge in [-0.15, -0.1) is 0 Å². The van der Waals surface area contributed by atoms with Gasteiger partial charge in [0, 0.05) is 18.5 Å². The van der Waals surface area contributed by atoms with Gasteiger partial charge in [0.05, 0.1) is 11.6 Å². The molecule has 0 unspecified atom stereocenters. The Hall–Kier alpha value is -1.56. The van der Waals surface area contributed by atoms with Crippen LogP contribution in [0.15, 0.2) is 28.9 Å². The minimum Gasteiger partial charge on any atom is -0.444 e. The maximum Gasteiger partial charge on any atom is 0.410 e. The van der Waals surface area contributed by atoms with Gasteiger partial charge in [0.2, 0.25) is 0 Å². The summed E-state index contributed by atoms with van der Waals surface area (Å²) in [4.78, 5) is 14.1. The number of carbonyl (C=O) groups is 1. The standard InChI is InChI=1S/C18H24BrN3O2/c1-12-11-21(17(23)24-18(2,3)4)10-9-14(12)22-15-8-6-5-7-13(15)16(19)20-22/h5-8,12,14H,9-11H2,1-4H3/t12-,14+/m0/s1. The van der Waals surface area contributed by atoms with E-state index in [-0.39, 0.29) is 12.1 Å². The van der Waals surface area contributed by atoms with Gasteiger partial charge in [-0.2, -0.15) is 5.10 Å². The summed E-state index contributed by atoms with van der Waals surface area (Å²) in [7, 11) is 0. The van der Waals surface area contributed by atoms with Crippen molar-refractivity contribution in [1.82, 2.24) is 14.7 Å². The van der Waals surface area contributed by atoms with E-state index >= 15 is 0 Å². The highest BCUT2D eigenvalue weighted by molar-refractivity contribution is 9.10. The molecule has 6 heteroatoms. The lowest BCUT2D eigenvalue weighted by Crippen LogP contribution is -2.45. The fourth-order valence-electron chi connectivity index (χ4n) is 3.29. The number of aromatic nitrogens is 2. The number of amides is 1. The Morgan fingerprint density at radius 1 is 1.33 bits per heavy atom. The number of piperidine rings is 1. The van der Waals surface area contributed by atoms with Crippen LogP contribution < -0.4 is 0 Å². The number of nitrogens with zero attached hydrogens (tertiary/aromatic N) is 3. The average molecular weight is 394 g/mol. The second-order valence-electron chi connectivity index (χ2n) is 7.51. The fourth-order valence-corrected chi connectivity index (χ4v) is 3.80. The van der Waals surface area contributed by atoms with E-state index in [1.54, 1.807) is 0 Å². The van der Waals surface area contributed by atoms with Gasteiger partial charge in [0.25, 0.3) is 0 Å². The molecule has 5 nitrogen and oxygen atoms in total. The van der Waals surface area contributed by atoms with E-state index in [4.69, 9.17) is 9.84 Å². The summed E-state index contributed by atoms with van der Waals surface area (Å²) in [6.07, 6.45) is 0.651. The molecule has 2 aromatic rings. The molecule has 0 bridgehead atoms. The summed E-state index contributed by atoms with van der Waals surface area (Å²) in [6, 6.07) is 8.50. The summed E-state index contributed by atoms with van der Waals surface area (Å²) in [6.45, 7) is 9.24. The molecular weight excluding hydrogens is 370 g/mol. The normalized spacial score (nSPS) is 22.0. The van der Waals surface area contributed by atoms with Crippen molar-refractivity contribution < 1.29 is 9.53 Å². The first-order chi connectivity index (χ1) is 11.3. The minimum absolute atomic E-state index is 0.223. The van der Waals surface area contributed by atoms with Crippen LogP contribution in [0.1, 0.15) is 40.2 Å². The van der Waals surface area contributed by atoms with Gasteiger partial charge in [0.15, 0.2) is 0 Å². The Labute approximate surface area is 151 Å². The molecule has 1 fully saturated rings. The molecule has 0 aliphatic carbocycles. The van der Waals surface area contributed by atoms with Crippen LogP contribution in [0.2, 0.25) is 0 Å². The number of rotatable bonds is 1. The maximum absolute atomic E-state index is 12.3. The van der Waals surface area contributed by atoms with Gasteiger partial charge in [0.1, 0.15) is 10.2 Å². The zero-order chi connectivity index (χ0) is 17.5. The third-order valence-electron chi connectivity index (χ3n) is 4.39. The third-order valence-corrected chi connectivity index (χ3v) is 4.98. The molecule has 24 heavy (non-hydrogen) atoms. The molecule has 130 valence electrons. The minimum atomic E-state index is -0.458. The Bertz CT molecular complexity index is 750. The van der Waals surface area contributed by atoms with E-state index < -0.39 is 5.60 Å². The second kappa shape index (κ2) is 6.39. The van der Waals surface area contributed by atoms with Gasteiger partial charge < -0.3 is 9.64 Å². The number of carbonyl (C=O) groups excluding carboxylic acids is 1. The van der Waals surface area contributed by atoms with E-state index in [0.29, 0.717) is 19.0 Å². The highest BCUT2D eigenvalue weighted by Gasteiger charge is 2.33. The van der Waals surface area contributed by atoms with Crippen LogP contribution in [0.3, 0.4) is 0 Å². The van der Waals surface area contributed by atoms with Crippen molar-refractivity contribution in [3.8, 4) is 0 Å². The number of hydrogen-bond donors (Lipinski definition) is 0. The lowest BCUT2D eigenvalue weighted by atomic mass is 9.94. The van der Waals surface area contributed by atoms with Crippen LogP contribution >= 0.6 is 15.9 Å². The average Bonchev–Trinajstić information content (AvgIpc) is 2.83. The molecule has 3 rings (SSSR count). The van der Waals surface area contributed by atoms with Gasteiger partial charge in [-0.1, -0.05) is 25.1 Å².